The van der Waals surface area contributed by atoms with Gasteiger partial charge in [-0.25, -0.2) is 0 Å². The number of ether oxygens (including phenoxy) is 2. The topological polar surface area (TPSA) is 30.5 Å². The minimum Gasteiger partial charge on any atom is -0.376 e. The van der Waals surface area contributed by atoms with Crippen LogP contribution in [0.3, 0.4) is 0 Å². The third kappa shape index (κ3) is 5.58. The van der Waals surface area contributed by atoms with Gasteiger partial charge in [-0.05, 0) is 46.7 Å². The third-order valence-corrected chi connectivity index (χ3v) is 2.26. The van der Waals surface area contributed by atoms with Crippen molar-refractivity contribution in [2.75, 3.05) is 26.3 Å². The molecule has 14 heavy (non-hydrogen) atoms. The Bertz CT molecular complexity index is 148. The molecular formula is C11H23NO2. The van der Waals surface area contributed by atoms with Crippen LogP contribution in [-0.2, 0) is 9.47 Å². The van der Waals surface area contributed by atoms with E-state index in [9.17, 15) is 0 Å². The van der Waals surface area contributed by atoms with E-state index < -0.39 is 0 Å². The quantitative estimate of drug-likeness (QED) is 0.700. The Labute approximate surface area is 87.2 Å². The summed E-state index contributed by atoms with van der Waals surface area (Å²) in [4.78, 5) is 0. The summed E-state index contributed by atoms with van der Waals surface area (Å²) in [5.74, 6) is 0. The average molecular weight is 201 g/mol. The second kappa shape index (κ2) is 5.69. The number of rotatable bonds is 4. The van der Waals surface area contributed by atoms with Gasteiger partial charge in [0.2, 0.25) is 0 Å². The summed E-state index contributed by atoms with van der Waals surface area (Å²) in [5, 5.41) is 3.32. The van der Waals surface area contributed by atoms with E-state index in [0.717, 1.165) is 32.5 Å². The molecule has 0 atom stereocenters. The van der Waals surface area contributed by atoms with E-state index in [-0.39, 0.29) is 5.60 Å². The maximum atomic E-state index is 5.71. The van der Waals surface area contributed by atoms with Gasteiger partial charge in [0, 0.05) is 0 Å². The van der Waals surface area contributed by atoms with Gasteiger partial charge in [0.25, 0.3) is 0 Å². The first-order valence-corrected chi connectivity index (χ1v) is 5.54. The Hall–Kier alpha value is -0.120. The van der Waals surface area contributed by atoms with Crippen LogP contribution < -0.4 is 5.32 Å². The van der Waals surface area contributed by atoms with Crippen LogP contribution in [0.25, 0.3) is 0 Å². The standard InChI is InChI=1S/C11H23NO2/c1-11(2,3)14-9-8-13-10-4-6-12-7-5-10/h10,12H,4-9H2,1-3H3. The lowest BCUT2D eigenvalue weighted by Gasteiger charge is -2.24. The predicted molar refractivity (Wildman–Crippen MR) is 57.5 cm³/mol. The van der Waals surface area contributed by atoms with Crippen LogP contribution in [0, 0.1) is 0 Å². The van der Waals surface area contributed by atoms with Gasteiger partial charge in [-0.15, -0.1) is 0 Å². The van der Waals surface area contributed by atoms with Crippen LogP contribution in [0.5, 0.6) is 0 Å². The maximum Gasteiger partial charge on any atom is 0.0707 e. The molecule has 0 aromatic heterocycles. The van der Waals surface area contributed by atoms with E-state index in [1.54, 1.807) is 0 Å². The highest BCUT2D eigenvalue weighted by atomic mass is 16.5. The lowest BCUT2D eigenvalue weighted by atomic mass is 10.1. The summed E-state index contributed by atoms with van der Waals surface area (Å²) in [7, 11) is 0. The molecule has 1 saturated heterocycles. The van der Waals surface area contributed by atoms with Gasteiger partial charge in [0.1, 0.15) is 0 Å². The number of hydrogen-bond donors (Lipinski definition) is 1. The van der Waals surface area contributed by atoms with Crippen molar-refractivity contribution in [2.45, 2.75) is 45.3 Å². The Morgan fingerprint density at radius 2 is 1.79 bits per heavy atom. The number of nitrogens with one attached hydrogen (secondary N) is 1. The Balaban J connectivity index is 1.97. The zero-order valence-electron chi connectivity index (χ0n) is 9.64. The van der Waals surface area contributed by atoms with E-state index in [4.69, 9.17) is 9.47 Å². The van der Waals surface area contributed by atoms with Crippen molar-refractivity contribution in [1.29, 1.82) is 0 Å². The summed E-state index contributed by atoms with van der Waals surface area (Å²) in [6.45, 7) is 9.80. The van der Waals surface area contributed by atoms with E-state index in [1.165, 1.54) is 0 Å². The van der Waals surface area contributed by atoms with Gasteiger partial charge in [-0.3, -0.25) is 0 Å². The molecule has 0 bridgehead atoms. The molecule has 0 unspecified atom stereocenters. The van der Waals surface area contributed by atoms with Gasteiger partial charge < -0.3 is 14.8 Å². The van der Waals surface area contributed by atoms with Gasteiger partial charge >= 0.3 is 0 Å². The largest absolute Gasteiger partial charge is 0.376 e. The lowest BCUT2D eigenvalue weighted by Crippen LogP contribution is -2.33. The smallest absolute Gasteiger partial charge is 0.0707 e. The monoisotopic (exact) mass is 201 g/mol. The fourth-order valence-electron chi connectivity index (χ4n) is 1.52. The Morgan fingerprint density at radius 1 is 1.14 bits per heavy atom. The first kappa shape index (κ1) is 12.0. The molecule has 0 saturated carbocycles. The molecule has 84 valence electrons. The second-order valence-corrected chi connectivity index (χ2v) is 4.78. The lowest BCUT2D eigenvalue weighted by molar-refractivity contribution is -0.0562. The van der Waals surface area contributed by atoms with Gasteiger partial charge in [-0.2, -0.15) is 0 Å². The van der Waals surface area contributed by atoms with Crippen molar-refractivity contribution in [2.24, 2.45) is 0 Å². The van der Waals surface area contributed by atoms with E-state index >= 15 is 0 Å². The molecule has 0 radical (unpaired) electrons. The summed E-state index contributed by atoms with van der Waals surface area (Å²) in [5.41, 5.74) is -0.0442. The van der Waals surface area contributed by atoms with Crippen LogP contribution in [0.2, 0.25) is 0 Å². The zero-order chi connectivity index (χ0) is 10.4. The summed E-state index contributed by atoms with van der Waals surface area (Å²) in [6.07, 6.45) is 2.71. The Kier molecular flexibility index (Phi) is 4.85. The van der Waals surface area contributed by atoms with Crippen molar-refractivity contribution >= 4 is 0 Å². The molecule has 0 spiro atoms. The summed E-state index contributed by atoms with van der Waals surface area (Å²) >= 11 is 0. The van der Waals surface area contributed by atoms with Gasteiger partial charge in [0.15, 0.2) is 0 Å². The summed E-state index contributed by atoms with van der Waals surface area (Å²) in [6, 6.07) is 0. The van der Waals surface area contributed by atoms with Crippen molar-refractivity contribution in [3.05, 3.63) is 0 Å². The average Bonchev–Trinajstić information content (AvgIpc) is 2.13. The molecule has 3 heteroatoms. The second-order valence-electron chi connectivity index (χ2n) is 4.78. The molecule has 0 aliphatic carbocycles. The van der Waals surface area contributed by atoms with Crippen molar-refractivity contribution in [1.82, 2.24) is 5.32 Å². The molecule has 1 aliphatic heterocycles. The van der Waals surface area contributed by atoms with E-state index in [0.29, 0.717) is 12.7 Å². The molecule has 0 aromatic carbocycles. The predicted octanol–water partition coefficient (Wildman–Crippen LogP) is 1.57. The first-order chi connectivity index (χ1) is 6.58. The third-order valence-electron chi connectivity index (χ3n) is 2.26. The van der Waals surface area contributed by atoms with Crippen LogP contribution in [0.4, 0.5) is 0 Å². The highest BCUT2D eigenvalue weighted by Gasteiger charge is 2.14. The first-order valence-electron chi connectivity index (χ1n) is 5.54. The molecular weight excluding hydrogens is 178 g/mol. The van der Waals surface area contributed by atoms with Crippen molar-refractivity contribution < 1.29 is 9.47 Å². The molecule has 1 heterocycles. The molecule has 1 aliphatic rings. The molecule has 1 fully saturated rings. The minimum atomic E-state index is -0.0442. The maximum absolute atomic E-state index is 5.71. The molecule has 1 N–H and O–H groups in total. The zero-order valence-corrected chi connectivity index (χ0v) is 9.64. The van der Waals surface area contributed by atoms with Crippen LogP contribution in [0.15, 0.2) is 0 Å². The normalized spacial score (nSPS) is 19.9. The minimum absolute atomic E-state index is 0.0442. The van der Waals surface area contributed by atoms with Crippen LogP contribution in [0.1, 0.15) is 33.6 Å². The summed E-state index contributed by atoms with van der Waals surface area (Å²) < 4.78 is 11.3. The Morgan fingerprint density at radius 3 is 2.36 bits per heavy atom. The van der Waals surface area contributed by atoms with Crippen molar-refractivity contribution in [3.8, 4) is 0 Å². The highest BCUT2D eigenvalue weighted by molar-refractivity contribution is 4.68. The van der Waals surface area contributed by atoms with E-state index in [2.05, 4.69) is 26.1 Å². The molecule has 1 rings (SSSR count). The van der Waals surface area contributed by atoms with E-state index in [1.807, 2.05) is 0 Å². The van der Waals surface area contributed by atoms with Crippen molar-refractivity contribution in [3.63, 3.8) is 0 Å². The van der Waals surface area contributed by atoms with Crippen LogP contribution in [-0.4, -0.2) is 38.0 Å². The SMILES string of the molecule is CC(C)(C)OCCOC1CCNCC1. The highest BCUT2D eigenvalue weighted by Crippen LogP contribution is 2.09. The number of piperidine rings is 1. The van der Waals surface area contributed by atoms with Gasteiger partial charge in [-0.1, -0.05) is 0 Å². The van der Waals surface area contributed by atoms with Gasteiger partial charge in [0.05, 0.1) is 24.9 Å². The molecule has 0 aromatic rings. The molecule has 3 nitrogen and oxygen atoms in total. The van der Waals surface area contributed by atoms with Crippen LogP contribution >= 0.6 is 0 Å². The molecule has 0 amide bonds. The fourth-order valence-corrected chi connectivity index (χ4v) is 1.52. The number of hydrogen-bond acceptors (Lipinski definition) is 3. The fraction of sp³-hybridized carbons (Fsp3) is 1.00.